The normalized spacial score (nSPS) is 13.6. The van der Waals surface area contributed by atoms with E-state index in [1.54, 1.807) is 0 Å². The minimum absolute atomic E-state index is 0.0570. The molecule has 3 N–H and O–H groups in total. The number of nitrogens with one attached hydrogen (secondary N) is 3. The third kappa shape index (κ3) is 5.37. The van der Waals surface area contributed by atoms with Crippen LogP contribution in [0.25, 0.3) is 0 Å². The summed E-state index contributed by atoms with van der Waals surface area (Å²) >= 11 is 0. The van der Waals surface area contributed by atoms with Crippen molar-refractivity contribution in [2.24, 2.45) is 0 Å². The van der Waals surface area contributed by atoms with E-state index in [2.05, 4.69) is 25.9 Å². The van der Waals surface area contributed by atoms with Gasteiger partial charge in [0, 0.05) is 25.6 Å². The largest absolute Gasteiger partial charge is 0.369 e. The third-order valence-electron chi connectivity index (χ3n) is 3.05. The van der Waals surface area contributed by atoms with Gasteiger partial charge in [0.05, 0.1) is 12.4 Å². The van der Waals surface area contributed by atoms with Crippen LogP contribution in [0.3, 0.4) is 0 Å². The van der Waals surface area contributed by atoms with Gasteiger partial charge in [-0.3, -0.25) is 9.59 Å². The molecule has 1 fully saturated rings. The molecular weight excluding hydrogens is 270 g/mol. The molecule has 7 nitrogen and oxygen atoms in total. The second-order valence-electron chi connectivity index (χ2n) is 5.02. The first kappa shape index (κ1) is 15.2. The van der Waals surface area contributed by atoms with Crippen molar-refractivity contribution in [3.8, 4) is 0 Å². The molecule has 0 aliphatic heterocycles. The molecular formula is C14H21N5O2. The zero-order chi connectivity index (χ0) is 15.1. The first-order chi connectivity index (χ1) is 10.2. The van der Waals surface area contributed by atoms with E-state index >= 15 is 0 Å². The van der Waals surface area contributed by atoms with Gasteiger partial charge in [-0.2, -0.15) is 0 Å². The number of carbonyl (C=O) groups excluding carboxylic acids is 2. The summed E-state index contributed by atoms with van der Waals surface area (Å²) in [6.45, 7) is 3.17. The van der Waals surface area contributed by atoms with Crippen LogP contribution in [0, 0.1) is 0 Å². The number of amides is 2. The summed E-state index contributed by atoms with van der Waals surface area (Å²) < 4.78 is 0. The summed E-state index contributed by atoms with van der Waals surface area (Å²) in [5, 5.41) is 8.65. The van der Waals surface area contributed by atoms with Crippen LogP contribution in [0.15, 0.2) is 12.4 Å². The summed E-state index contributed by atoms with van der Waals surface area (Å²) in [4.78, 5) is 31.4. The molecule has 114 valence electrons. The molecule has 1 saturated carbocycles. The smallest absolute Gasteiger partial charge is 0.271 e. The van der Waals surface area contributed by atoms with Crippen molar-refractivity contribution >= 4 is 17.6 Å². The Bertz CT molecular complexity index is 485. The Morgan fingerprint density at radius 3 is 2.71 bits per heavy atom. The molecule has 7 heteroatoms. The predicted octanol–water partition coefficient (Wildman–Crippen LogP) is 0.697. The van der Waals surface area contributed by atoms with Gasteiger partial charge < -0.3 is 16.0 Å². The van der Waals surface area contributed by atoms with Gasteiger partial charge in [0.1, 0.15) is 11.5 Å². The van der Waals surface area contributed by atoms with E-state index in [1.165, 1.54) is 12.4 Å². The molecule has 0 aromatic carbocycles. The van der Waals surface area contributed by atoms with Crippen molar-refractivity contribution in [3.63, 3.8) is 0 Å². The average molecular weight is 291 g/mol. The van der Waals surface area contributed by atoms with Gasteiger partial charge in [0.2, 0.25) is 5.91 Å². The maximum Gasteiger partial charge on any atom is 0.271 e. The van der Waals surface area contributed by atoms with Crippen LogP contribution in [0.2, 0.25) is 0 Å². The highest BCUT2D eigenvalue weighted by atomic mass is 16.2. The number of anilines is 1. The summed E-state index contributed by atoms with van der Waals surface area (Å²) in [6.07, 6.45) is 6.19. The first-order valence-electron chi connectivity index (χ1n) is 7.32. The molecule has 2 rings (SSSR count). The fourth-order valence-electron chi connectivity index (χ4n) is 1.79. The van der Waals surface area contributed by atoms with Crippen LogP contribution >= 0.6 is 0 Å². The van der Waals surface area contributed by atoms with Gasteiger partial charge in [0.25, 0.3) is 5.91 Å². The monoisotopic (exact) mass is 291 g/mol. The molecule has 0 bridgehead atoms. The van der Waals surface area contributed by atoms with Crippen molar-refractivity contribution in [3.05, 3.63) is 18.1 Å². The van der Waals surface area contributed by atoms with Gasteiger partial charge in [-0.25, -0.2) is 9.97 Å². The van der Waals surface area contributed by atoms with Crippen molar-refractivity contribution in [2.45, 2.75) is 38.6 Å². The molecule has 1 heterocycles. The molecule has 0 radical (unpaired) electrons. The lowest BCUT2D eigenvalue weighted by Gasteiger charge is -2.06. The summed E-state index contributed by atoms with van der Waals surface area (Å²) in [5.74, 6) is 0.431. The van der Waals surface area contributed by atoms with Crippen molar-refractivity contribution in [1.82, 2.24) is 20.6 Å². The molecule has 2 amide bonds. The molecule has 1 aromatic rings. The Balaban J connectivity index is 1.65. The number of carbonyl (C=O) groups is 2. The quantitative estimate of drug-likeness (QED) is 0.613. The van der Waals surface area contributed by atoms with E-state index in [0.717, 1.165) is 19.4 Å². The molecule has 1 aliphatic carbocycles. The van der Waals surface area contributed by atoms with Crippen LogP contribution in [0.4, 0.5) is 5.82 Å². The molecule has 1 aromatic heterocycles. The fourth-order valence-corrected chi connectivity index (χ4v) is 1.79. The van der Waals surface area contributed by atoms with Crippen LogP contribution < -0.4 is 16.0 Å². The zero-order valence-electron chi connectivity index (χ0n) is 12.2. The minimum atomic E-state index is -0.270. The Hall–Kier alpha value is -2.18. The Labute approximate surface area is 123 Å². The number of nitrogens with zero attached hydrogens (tertiary/aromatic N) is 2. The fraction of sp³-hybridized carbons (Fsp3) is 0.571. The van der Waals surface area contributed by atoms with Gasteiger partial charge in [-0.15, -0.1) is 0 Å². The maximum absolute atomic E-state index is 11.8. The average Bonchev–Trinajstić information content (AvgIpc) is 3.28. The predicted molar refractivity (Wildman–Crippen MR) is 78.9 cm³/mol. The summed E-state index contributed by atoms with van der Waals surface area (Å²) in [7, 11) is 0. The van der Waals surface area contributed by atoms with Gasteiger partial charge in [-0.1, -0.05) is 0 Å². The Morgan fingerprint density at radius 1 is 1.29 bits per heavy atom. The standard InChI is InChI=1S/C14H21N5O2/c1-2-15-12-9-17-11(8-18-12)14(21)16-7-3-4-13(20)19-10-5-6-10/h8-10H,2-7H2,1H3,(H,15,18)(H,16,21)(H,19,20). The number of aromatic nitrogens is 2. The third-order valence-corrected chi connectivity index (χ3v) is 3.05. The van der Waals surface area contributed by atoms with Crippen molar-refractivity contribution in [1.29, 1.82) is 0 Å². The van der Waals surface area contributed by atoms with Gasteiger partial charge >= 0.3 is 0 Å². The van der Waals surface area contributed by atoms with E-state index in [9.17, 15) is 9.59 Å². The van der Waals surface area contributed by atoms with Crippen LogP contribution in [0.1, 0.15) is 43.1 Å². The molecule has 1 aliphatic rings. The number of hydrogen-bond donors (Lipinski definition) is 3. The second kappa shape index (κ2) is 7.56. The lowest BCUT2D eigenvalue weighted by Crippen LogP contribution is -2.29. The number of rotatable bonds is 8. The topological polar surface area (TPSA) is 96.0 Å². The highest BCUT2D eigenvalue weighted by molar-refractivity contribution is 5.92. The van der Waals surface area contributed by atoms with Crippen LogP contribution in [0.5, 0.6) is 0 Å². The van der Waals surface area contributed by atoms with Gasteiger partial charge in [0.15, 0.2) is 0 Å². The Kier molecular flexibility index (Phi) is 5.48. The van der Waals surface area contributed by atoms with Gasteiger partial charge in [-0.05, 0) is 26.2 Å². The molecule has 0 saturated heterocycles. The second-order valence-corrected chi connectivity index (χ2v) is 5.02. The maximum atomic E-state index is 11.8. The first-order valence-corrected chi connectivity index (χ1v) is 7.32. The van der Waals surface area contributed by atoms with E-state index < -0.39 is 0 Å². The number of hydrogen-bond acceptors (Lipinski definition) is 5. The van der Waals surface area contributed by atoms with Crippen molar-refractivity contribution in [2.75, 3.05) is 18.4 Å². The highest BCUT2D eigenvalue weighted by Gasteiger charge is 2.22. The van der Waals surface area contributed by atoms with E-state index in [4.69, 9.17) is 0 Å². The minimum Gasteiger partial charge on any atom is -0.369 e. The summed E-state index contributed by atoms with van der Waals surface area (Å²) in [5.41, 5.74) is 0.277. The van der Waals surface area contributed by atoms with Crippen LogP contribution in [-0.4, -0.2) is 40.9 Å². The SMILES string of the molecule is CCNc1cnc(C(=O)NCCCC(=O)NC2CC2)cn1. The molecule has 0 atom stereocenters. The van der Waals surface area contributed by atoms with E-state index in [0.29, 0.717) is 31.2 Å². The van der Waals surface area contributed by atoms with E-state index in [1.807, 2.05) is 6.92 Å². The molecule has 0 unspecified atom stereocenters. The lowest BCUT2D eigenvalue weighted by atomic mass is 10.3. The Morgan fingerprint density at radius 2 is 2.10 bits per heavy atom. The highest BCUT2D eigenvalue weighted by Crippen LogP contribution is 2.18. The lowest BCUT2D eigenvalue weighted by molar-refractivity contribution is -0.121. The van der Waals surface area contributed by atoms with Crippen LogP contribution in [-0.2, 0) is 4.79 Å². The van der Waals surface area contributed by atoms with E-state index in [-0.39, 0.29) is 17.5 Å². The molecule has 0 spiro atoms. The molecule has 21 heavy (non-hydrogen) atoms. The zero-order valence-corrected chi connectivity index (χ0v) is 12.2. The summed E-state index contributed by atoms with van der Waals surface area (Å²) in [6, 6.07) is 0.387. The van der Waals surface area contributed by atoms with Crippen molar-refractivity contribution < 1.29 is 9.59 Å².